The Labute approximate surface area is 140 Å². The SMILES string of the molecule is Cc1cnn(-c2ccc(OCC3COCCC3NC(=O)O)cc2)c1. The number of carboxylic acid groups (broad SMARTS) is 1. The highest BCUT2D eigenvalue weighted by atomic mass is 16.5. The van der Waals surface area contributed by atoms with Gasteiger partial charge in [-0.15, -0.1) is 0 Å². The number of aromatic nitrogens is 2. The van der Waals surface area contributed by atoms with Crippen molar-refractivity contribution in [1.82, 2.24) is 15.1 Å². The van der Waals surface area contributed by atoms with Gasteiger partial charge < -0.3 is 19.9 Å². The molecule has 1 saturated heterocycles. The van der Waals surface area contributed by atoms with Crippen LogP contribution < -0.4 is 10.1 Å². The van der Waals surface area contributed by atoms with Gasteiger partial charge in [0.15, 0.2) is 0 Å². The molecule has 0 bridgehead atoms. The molecule has 2 heterocycles. The highest BCUT2D eigenvalue weighted by Gasteiger charge is 2.27. The maximum absolute atomic E-state index is 10.9. The van der Waals surface area contributed by atoms with Crippen molar-refractivity contribution in [1.29, 1.82) is 0 Å². The summed E-state index contributed by atoms with van der Waals surface area (Å²) in [7, 11) is 0. The minimum atomic E-state index is -1.01. The number of amides is 1. The molecule has 1 aliphatic heterocycles. The summed E-state index contributed by atoms with van der Waals surface area (Å²) in [6.07, 6.45) is 3.42. The van der Waals surface area contributed by atoms with E-state index in [-0.39, 0.29) is 12.0 Å². The molecule has 2 unspecified atom stereocenters. The molecular formula is C17H21N3O4. The van der Waals surface area contributed by atoms with Crippen LogP contribution in [-0.4, -0.2) is 46.8 Å². The number of benzene rings is 1. The van der Waals surface area contributed by atoms with Crippen LogP contribution in [0.15, 0.2) is 36.7 Å². The molecule has 2 N–H and O–H groups in total. The fourth-order valence-electron chi connectivity index (χ4n) is 2.76. The zero-order chi connectivity index (χ0) is 16.9. The standard InChI is InChI=1S/C17H21N3O4/c1-12-8-18-20(9-12)14-2-4-15(5-3-14)24-11-13-10-23-7-6-16(13)19-17(21)22/h2-5,8-9,13,16,19H,6-7,10-11H2,1H3,(H,21,22). The lowest BCUT2D eigenvalue weighted by molar-refractivity contribution is 0.0140. The van der Waals surface area contributed by atoms with Crippen molar-refractivity contribution >= 4 is 6.09 Å². The van der Waals surface area contributed by atoms with E-state index in [1.165, 1.54) is 0 Å². The number of nitrogens with zero attached hydrogens (tertiary/aromatic N) is 2. The Morgan fingerprint density at radius 2 is 2.25 bits per heavy atom. The van der Waals surface area contributed by atoms with Crippen LogP contribution >= 0.6 is 0 Å². The third kappa shape index (κ3) is 4.05. The Hall–Kier alpha value is -2.54. The van der Waals surface area contributed by atoms with E-state index in [0.29, 0.717) is 26.2 Å². The number of rotatable bonds is 5. The Morgan fingerprint density at radius 1 is 1.46 bits per heavy atom. The lowest BCUT2D eigenvalue weighted by Crippen LogP contribution is -2.47. The first-order valence-corrected chi connectivity index (χ1v) is 7.93. The average molecular weight is 331 g/mol. The van der Waals surface area contributed by atoms with Gasteiger partial charge in [0.1, 0.15) is 5.75 Å². The lowest BCUT2D eigenvalue weighted by atomic mass is 9.97. The zero-order valence-electron chi connectivity index (χ0n) is 13.5. The summed E-state index contributed by atoms with van der Waals surface area (Å²) in [5.41, 5.74) is 2.06. The van der Waals surface area contributed by atoms with Crippen molar-refractivity contribution in [3.8, 4) is 11.4 Å². The highest BCUT2D eigenvalue weighted by molar-refractivity contribution is 5.64. The van der Waals surface area contributed by atoms with Gasteiger partial charge in [0.25, 0.3) is 0 Å². The van der Waals surface area contributed by atoms with Crippen molar-refractivity contribution in [3.63, 3.8) is 0 Å². The van der Waals surface area contributed by atoms with Crippen molar-refractivity contribution < 1.29 is 19.4 Å². The van der Waals surface area contributed by atoms with Crippen LogP contribution in [0, 0.1) is 12.8 Å². The summed E-state index contributed by atoms with van der Waals surface area (Å²) in [6, 6.07) is 7.51. The normalized spacial score (nSPS) is 20.5. The van der Waals surface area contributed by atoms with E-state index >= 15 is 0 Å². The molecule has 1 aromatic heterocycles. The molecule has 1 aliphatic rings. The summed E-state index contributed by atoms with van der Waals surface area (Å²) in [4.78, 5) is 10.9. The number of hydrogen-bond donors (Lipinski definition) is 2. The van der Waals surface area contributed by atoms with E-state index in [1.807, 2.05) is 43.6 Å². The third-order valence-corrected chi connectivity index (χ3v) is 4.06. The molecule has 2 atom stereocenters. The molecule has 0 aliphatic carbocycles. The second kappa shape index (κ2) is 7.35. The predicted octanol–water partition coefficient (Wildman–Crippen LogP) is 2.23. The van der Waals surface area contributed by atoms with Gasteiger partial charge >= 0.3 is 6.09 Å². The van der Waals surface area contributed by atoms with Gasteiger partial charge in [0.2, 0.25) is 0 Å². The second-order valence-electron chi connectivity index (χ2n) is 5.95. The van der Waals surface area contributed by atoms with Crippen LogP contribution in [0.5, 0.6) is 5.75 Å². The van der Waals surface area contributed by atoms with Gasteiger partial charge in [-0.25, -0.2) is 9.48 Å². The maximum atomic E-state index is 10.9. The molecule has 0 radical (unpaired) electrons. The Balaban J connectivity index is 1.58. The number of hydrogen-bond acceptors (Lipinski definition) is 4. The molecule has 1 fully saturated rings. The van der Waals surface area contributed by atoms with Gasteiger partial charge in [0, 0.05) is 24.8 Å². The van der Waals surface area contributed by atoms with E-state index in [0.717, 1.165) is 17.0 Å². The van der Waals surface area contributed by atoms with Gasteiger partial charge in [0.05, 0.1) is 25.1 Å². The monoisotopic (exact) mass is 331 g/mol. The zero-order valence-corrected chi connectivity index (χ0v) is 13.5. The molecule has 0 spiro atoms. The summed E-state index contributed by atoms with van der Waals surface area (Å²) in [5, 5.41) is 15.7. The van der Waals surface area contributed by atoms with E-state index in [4.69, 9.17) is 14.6 Å². The van der Waals surface area contributed by atoms with E-state index in [9.17, 15) is 4.79 Å². The van der Waals surface area contributed by atoms with Gasteiger partial charge in [-0.2, -0.15) is 5.10 Å². The van der Waals surface area contributed by atoms with Crippen molar-refractivity contribution in [3.05, 3.63) is 42.2 Å². The Kier molecular flexibility index (Phi) is 5.00. The molecule has 7 nitrogen and oxygen atoms in total. The average Bonchev–Trinajstić information content (AvgIpc) is 3.00. The van der Waals surface area contributed by atoms with Crippen LogP contribution in [-0.2, 0) is 4.74 Å². The first kappa shape index (κ1) is 16.3. The van der Waals surface area contributed by atoms with Gasteiger partial charge in [-0.3, -0.25) is 0 Å². The molecule has 0 saturated carbocycles. The minimum absolute atomic E-state index is 0.00305. The largest absolute Gasteiger partial charge is 0.493 e. The fourth-order valence-corrected chi connectivity index (χ4v) is 2.76. The van der Waals surface area contributed by atoms with E-state index in [1.54, 1.807) is 4.68 Å². The van der Waals surface area contributed by atoms with E-state index in [2.05, 4.69) is 10.4 Å². The quantitative estimate of drug-likeness (QED) is 0.877. The summed E-state index contributed by atoms with van der Waals surface area (Å²) < 4.78 is 13.1. The topological polar surface area (TPSA) is 85.6 Å². The molecule has 128 valence electrons. The van der Waals surface area contributed by atoms with Gasteiger partial charge in [-0.05, 0) is 43.2 Å². The van der Waals surface area contributed by atoms with Crippen LogP contribution in [0.25, 0.3) is 5.69 Å². The smallest absolute Gasteiger partial charge is 0.404 e. The molecule has 2 aromatic rings. The lowest BCUT2D eigenvalue weighted by Gasteiger charge is -2.31. The first-order chi connectivity index (χ1) is 11.6. The molecule has 3 rings (SSSR count). The number of aryl methyl sites for hydroxylation is 1. The molecular weight excluding hydrogens is 310 g/mol. The van der Waals surface area contributed by atoms with Crippen LogP contribution in [0.1, 0.15) is 12.0 Å². The van der Waals surface area contributed by atoms with Crippen molar-refractivity contribution in [2.45, 2.75) is 19.4 Å². The molecule has 7 heteroatoms. The summed E-state index contributed by atoms with van der Waals surface area (Å²) in [6.45, 7) is 3.47. The van der Waals surface area contributed by atoms with Gasteiger partial charge in [-0.1, -0.05) is 0 Å². The number of nitrogens with one attached hydrogen (secondary N) is 1. The van der Waals surface area contributed by atoms with Crippen LogP contribution in [0.3, 0.4) is 0 Å². The maximum Gasteiger partial charge on any atom is 0.404 e. The number of ether oxygens (including phenoxy) is 2. The van der Waals surface area contributed by atoms with Crippen LogP contribution in [0.2, 0.25) is 0 Å². The van der Waals surface area contributed by atoms with Crippen LogP contribution in [0.4, 0.5) is 4.79 Å². The second-order valence-corrected chi connectivity index (χ2v) is 5.95. The third-order valence-electron chi connectivity index (χ3n) is 4.06. The first-order valence-electron chi connectivity index (χ1n) is 7.93. The molecule has 24 heavy (non-hydrogen) atoms. The van der Waals surface area contributed by atoms with Crippen molar-refractivity contribution in [2.75, 3.05) is 19.8 Å². The van der Waals surface area contributed by atoms with E-state index < -0.39 is 6.09 Å². The predicted molar refractivity (Wildman–Crippen MR) is 87.7 cm³/mol. The Bertz CT molecular complexity index is 683. The fraction of sp³-hybridized carbons (Fsp3) is 0.412. The Morgan fingerprint density at radius 3 is 2.92 bits per heavy atom. The highest BCUT2D eigenvalue weighted by Crippen LogP contribution is 2.19. The van der Waals surface area contributed by atoms with Crippen molar-refractivity contribution in [2.24, 2.45) is 5.92 Å². The summed E-state index contributed by atoms with van der Waals surface area (Å²) >= 11 is 0. The molecule has 1 amide bonds. The number of carbonyl (C=O) groups is 1. The minimum Gasteiger partial charge on any atom is -0.493 e. The molecule has 1 aromatic carbocycles. The summed E-state index contributed by atoms with van der Waals surface area (Å²) in [5.74, 6) is 0.741.